The topological polar surface area (TPSA) is 94.1 Å². The Labute approximate surface area is 114 Å². The van der Waals surface area contributed by atoms with Crippen LogP contribution in [0.3, 0.4) is 0 Å². The minimum atomic E-state index is -0.495. The van der Waals surface area contributed by atoms with E-state index < -0.39 is 4.92 Å². The summed E-state index contributed by atoms with van der Waals surface area (Å²) < 4.78 is 0. The number of nitro benzene ring substituents is 1. The van der Waals surface area contributed by atoms with Gasteiger partial charge in [0.1, 0.15) is 10.7 Å². The summed E-state index contributed by atoms with van der Waals surface area (Å²) >= 11 is 1.55. The lowest BCUT2D eigenvalue weighted by molar-refractivity contribution is -0.383. The van der Waals surface area contributed by atoms with Crippen molar-refractivity contribution in [2.24, 2.45) is 0 Å². The molecule has 0 bridgehead atoms. The molecule has 0 aliphatic rings. The average Bonchev–Trinajstić information content (AvgIpc) is 2.81. The molecule has 1 heterocycles. The molecule has 19 heavy (non-hydrogen) atoms. The highest BCUT2D eigenvalue weighted by molar-refractivity contribution is 7.09. The number of nitrogens with two attached hydrogens (primary N) is 1. The summed E-state index contributed by atoms with van der Waals surface area (Å²) in [6.45, 7) is 3.98. The first-order chi connectivity index (χ1) is 8.90. The van der Waals surface area contributed by atoms with Gasteiger partial charge in [0.2, 0.25) is 0 Å². The maximum Gasteiger partial charge on any atom is 0.292 e. The minimum Gasteiger partial charge on any atom is -0.393 e. The molecule has 0 saturated heterocycles. The number of rotatable bonds is 4. The van der Waals surface area contributed by atoms with Crippen LogP contribution in [-0.4, -0.2) is 9.91 Å². The molecular weight excluding hydrogens is 264 g/mol. The molecule has 2 rings (SSSR count). The molecule has 3 N–H and O–H groups in total. The Bertz CT molecular complexity index is 596. The van der Waals surface area contributed by atoms with E-state index in [1.165, 1.54) is 6.07 Å². The second-order valence-corrected chi connectivity index (χ2v) is 5.51. The van der Waals surface area contributed by atoms with Crippen LogP contribution in [0.1, 0.15) is 18.9 Å². The van der Waals surface area contributed by atoms with Gasteiger partial charge < -0.3 is 11.1 Å². The van der Waals surface area contributed by atoms with Crippen molar-refractivity contribution in [3.05, 3.63) is 44.9 Å². The number of aromatic nitrogens is 1. The number of hydrogen-bond acceptors (Lipinski definition) is 6. The number of benzene rings is 1. The number of anilines is 2. The largest absolute Gasteiger partial charge is 0.393 e. The predicted molar refractivity (Wildman–Crippen MR) is 76.3 cm³/mol. The third-order valence-electron chi connectivity index (χ3n) is 2.65. The number of nitrogens with one attached hydrogen (secondary N) is 1. The molecule has 1 aromatic carbocycles. The number of nitro groups is 1. The Hall–Kier alpha value is -2.15. The van der Waals surface area contributed by atoms with E-state index >= 15 is 0 Å². The van der Waals surface area contributed by atoms with Gasteiger partial charge in [-0.3, -0.25) is 10.1 Å². The Morgan fingerprint density at radius 3 is 2.74 bits per heavy atom. The SMILES string of the molecule is CC(C)(Nc1ccc([N+](=O)[O-])c(N)c1)c1nccs1. The lowest BCUT2D eigenvalue weighted by Crippen LogP contribution is -2.27. The highest BCUT2D eigenvalue weighted by Crippen LogP contribution is 2.30. The number of thiazole rings is 1. The maximum atomic E-state index is 10.7. The average molecular weight is 278 g/mol. The van der Waals surface area contributed by atoms with E-state index in [0.29, 0.717) is 0 Å². The van der Waals surface area contributed by atoms with E-state index in [4.69, 9.17) is 5.73 Å². The smallest absolute Gasteiger partial charge is 0.292 e. The van der Waals surface area contributed by atoms with Gasteiger partial charge in [0, 0.05) is 23.3 Å². The van der Waals surface area contributed by atoms with Crippen LogP contribution in [0.2, 0.25) is 0 Å². The summed E-state index contributed by atoms with van der Waals surface area (Å²) in [5, 5.41) is 16.8. The van der Waals surface area contributed by atoms with Gasteiger partial charge in [-0.25, -0.2) is 4.98 Å². The molecule has 100 valence electrons. The van der Waals surface area contributed by atoms with Crippen molar-refractivity contribution < 1.29 is 4.92 Å². The molecule has 0 atom stereocenters. The first kappa shape index (κ1) is 13.3. The molecule has 7 heteroatoms. The van der Waals surface area contributed by atoms with E-state index in [-0.39, 0.29) is 16.9 Å². The molecule has 2 aromatic rings. The molecule has 0 spiro atoms. The fourth-order valence-corrected chi connectivity index (χ4v) is 2.46. The van der Waals surface area contributed by atoms with Crippen LogP contribution in [0.4, 0.5) is 17.1 Å². The third-order valence-corrected chi connectivity index (χ3v) is 3.74. The molecule has 0 saturated carbocycles. The Kier molecular flexibility index (Phi) is 3.39. The van der Waals surface area contributed by atoms with Gasteiger partial charge in [0.15, 0.2) is 0 Å². The van der Waals surface area contributed by atoms with Crippen LogP contribution in [0.5, 0.6) is 0 Å². The fourth-order valence-electron chi connectivity index (χ4n) is 1.74. The van der Waals surface area contributed by atoms with Crippen LogP contribution in [0.15, 0.2) is 29.8 Å². The molecular formula is C12H14N4O2S. The van der Waals surface area contributed by atoms with Crippen molar-refractivity contribution in [1.82, 2.24) is 4.98 Å². The molecule has 0 radical (unpaired) electrons. The normalized spacial score (nSPS) is 11.3. The number of hydrogen-bond donors (Lipinski definition) is 2. The van der Waals surface area contributed by atoms with E-state index in [1.54, 1.807) is 29.7 Å². The summed E-state index contributed by atoms with van der Waals surface area (Å²) in [7, 11) is 0. The van der Waals surface area contributed by atoms with Crippen LogP contribution < -0.4 is 11.1 Å². The summed E-state index contributed by atoms with van der Waals surface area (Å²) in [6.07, 6.45) is 1.74. The Morgan fingerprint density at radius 2 is 2.21 bits per heavy atom. The van der Waals surface area contributed by atoms with Gasteiger partial charge >= 0.3 is 0 Å². The zero-order chi connectivity index (χ0) is 14.0. The second kappa shape index (κ2) is 4.85. The van der Waals surface area contributed by atoms with Gasteiger partial charge in [-0.05, 0) is 26.0 Å². The summed E-state index contributed by atoms with van der Waals surface area (Å²) in [5.74, 6) is 0. The van der Waals surface area contributed by atoms with Crippen molar-refractivity contribution in [1.29, 1.82) is 0 Å². The molecule has 0 amide bonds. The molecule has 6 nitrogen and oxygen atoms in total. The lowest BCUT2D eigenvalue weighted by Gasteiger charge is -2.25. The summed E-state index contributed by atoms with van der Waals surface area (Å²) in [5.41, 5.74) is 6.08. The summed E-state index contributed by atoms with van der Waals surface area (Å²) in [6, 6.07) is 4.60. The Morgan fingerprint density at radius 1 is 1.47 bits per heavy atom. The highest BCUT2D eigenvalue weighted by atomic mass is 32.1. The van der Waals surface area contributed by atoms with Gasteiger partial charge in [0.05, 0.1) is 10.5 Å². The van der Waals surface area contributed by atoms with Crippen molar-refractivity contribution in [2.45, 2.75) is 19.4 Å². The van der Waals surface area contributed by atoms with Gasteiger partial charge in [-0.2, -0.15) is 0 Å². The maximum absolute atomic E-state index is 10.7. The van der Waals surface area contributed by atoms with E-state index in [1.807, 2.05) is 19.2 Å². The quantitative estimate of drug-likeness (QED) is 0.509. The van der Waals surface area contributed by atoms with Gasteiger partial charge in [-0.1, -0.05) is 0 Å². The zero-order valence-corrected chi connectivity index (χ0v) is 11.4. The standard InChI is InChI=1S/C12H14N4O2S/c1-12(2,11-14-5-6-19-11)15-8-3-4-10(16(17)18)9(13)7-8/h3-7,15H,13H2,1-2H3. The van der Waals surface area contributed by atoms with Gasteiger partial charge in [0.25, 0.3) is 5.69 Å². The van der Waals surface area contributed by atoms with Crippen LogP contribution in [0, 0.1) is 10.1 Å². The predicted octanol–water partition coefficient (Wildman–Crippen LogP) is 2.98. The fraction of sp³-hybridized carbons (Fsp3) is 0.250. The molecule has 1 aromatic heterocycles. The van der Waals surface area contributed by atoms with Crippen LogP contribution >= 0.6 is 11.3 Å². The van der Waals surface area contributed by atoms with Gasteiger partial charge in [-0.15, -0.1) is 11.3 Å². The summed E-state index contributed by atoms with van der Waals surface area (Å²) in [4.78, 5) is 14.5. The van der Waals surface area contributed by atoms with E-state index in [9.17, 15) is 10.1 Å². The first-order valence-corrected chi connectivity index (χ1v) is 6.50. The van der Waals surface area contributed by atoms with Crippen molar-refractivity contribution >= 4 is 28.4 Å². The van der Waals surface area contributed by atoms with E-state index in [2.05, 4.69) is 10.3 Å². The lowest BCUT2D eigenvalue weighted by atomic mass is 10.1. The third kappa shape index (κ3) is 2.82. The second-order valence-electron chi connectivity index (χ2n) is 4.62. The molecule has 0 aliphatic heterocycles. The molecule has 0 fully saturated rings. The highest BCUT2D eigenvalue weighted by Gasteiger charge is 2.23. The first-order valence-electron chi connectivity index (χ1n) is 5.62. The van der Waals surface area contributed by atoms with Crippen LogP contribution in [0.25, 0.3) is 0 Å². The molecule has 0 unspecified atom stereocenters. The monoisotopic (exact) mass is 278 g/mol. The minimum absolute atomic E-state index is 0.0856. The van der Waals surface area contributed by atoms with Crippen molar-refractivity contribution in [3.63, 3.8) is 0 Å². The van der Waals surface area contributed by atoms with E-state index in [0.717, 1.165) is 10.7 Å². The Balaban J connectivity index is 2.25. The van der Waals surface area contributed by atoms with Crippen molar-refractivity contribution in [2.75, 3.05) is 11.1 Å². The van der Waals surface area contributed by atoms with Crippen LogP contribution in [-0.2, 0) is 5.54 Å². The zero-order valence-electron chi connectivity index (χ0n) is 10.6. The molecule has 0 aliphatic carbocycles. The number of nitrogen functional groups attached to an aromatic ring is 1. The number of nitrogens with zero attached hydrogens (tertiary/aromatic N) is 2. The van der Waals surface area contributed by atoms with Crippen molar-refractivity contribution in [3.8, 4) is 0 Å².